The number of carbonyl (C=O) groups is 1. The van der Waals surface area contributed by atoms with E-state index in [4.69, 9.17) is 10.5 Å². The summed E-state index contributed by atoms with van der Waals surface area (Å²) in [6.07, 6.45) is 0.827. The first kappa shape index (κ1) is 16.0. The third-order valence-electron chi connectivity index (χ3n) is 2.50. The second kappa shape index (κ2) is 8.17. The Morgan fingerprint density at radius 3 is 2.79 bits per heavy atom. The average Bonchev–Trinajstić information content (AvgIpc) is 2.35. The molecular weight excluding hydrogens is 308 g/mol. The Hall–Kier alpha value is -1.07. The molecule has 5 heteroatoms. The lowest BCUT2D eigenvalue weighted by Crippen LogP contribution is -2.31. The molecule has 0 spiro atoms. The molecule has 0 bridgehead atoms. The van der Waals surface area contributed by atoms with Gasteiger partial charge in [0.15, 0.2) is 6.61 Å². The van der Waals surface area contributed by atoms with Crippen LogP contribution in [0.1, 0.15) is 19.4 Å². The molecule has 0 atom stereocenters. The summed E-state index contributed by atoms with van der Waals surface area (Å²) >= 11 is 3.43. The molecule has 0 aliphatic rings. The molecule has 1 aromatic carbocycles. The number of carbonyl (C=O) groups excluding carboxylic acids is 1. The number of rotatable bonds is 7. The monoisotopic (exact) mass is 328 g/mol. The summed E-state index contributed by atoms with van der Waals surface area (Å²) in [6, 6.07) is 5.78. The molecule has 4 nitrogen and oxygen atoms in total. The second-order valence-electron chi connectivity index (χ2n) is 4.79. The van der Waals surface area contributed by atoms with Crippen molar-refractivity contribution in [3.8, 4) is 5.75 Å². The lowest BCUT2D eigenvalue weighted by atomic mass is 10.1. The van der Waals surface area contributed by atoms with Crippen LogP contribution in [-0.4, -0.2) is 25.6 Å². The van der Waals surface area contributed by atoms with Crippen molar-refractivity contribution in [2.45, 2.75) is 20.3 Å². The number of benzene rings is 1. The van der Waals surface area contributed by atoms with E-state index in [-0.39, 0.29) is 12.5 Å². The van der Waals surface area contributed by atoms with Gasteiger partial charge in [-0.3, -0.25) is 4.79 Å². The minimum Gasteiger partial charge on any atom is -0.483 e. The third-order valence-corrected chi connectivity index (χ3v) is 3.12. The zero-order valence-electron chi connectivity index (χ0n) is 11.4. The van der Waals surface area contributed by atoms with Crippen LogP contribution in [0.4, 0.5) is 0 Å². The van der Waals surface area contributed by atoms with Crippen LogP contribution in [0.15, 0.2) is 22.7 Å². The topological polar surface area (TPSA) is 64.3 Å². The molecule has 1 amide bonds. The molecule has 0 heterocycles. The normalized spacial score (nSPS) is 10.6. The average molecular weight is 329 g/mol. The van der Waals surface area contributed by atoms with E-state index in [0.717, 1.165) is 16.5 Å². The highest BCUT2D eigenvalue weighted by Gasteiger charge is 2.06. The Morgan fingerprint density at radius 1 is 1.47 bits per heavy atom. The summed E-state index contributed by atoms with van der Waals surface area (Å²) in [4.78, 5) is 11.5. The molecular formula is C14H21BrN2O2. The number of nitrogens with two attached hydrogens (primary N) is 1. The van der Waals surface area contributed by atoms with E-state index >= 15 is 0 Å². The van der Waals surface area contributed by atoms with Gasteiger partial charge in [0.25, 0.3) is 5.91 Å². The number of nitrogens with one attached hydrogen (secondary N) is 1. The Balaban J connectivity index is 2.47. The van der Waals surface area contributed by atoms with Crippen molar-refractivity contribution in [2.24, 2.45) is 11.7 Å². The third kappa shape index (κ3) is 6.07. The van der Waals surface area contributed by atoms with Gasteiger partial charge in [0.1, 0.15) is 5.75 Å². The minimum absolute atomic E-state index is 0.0293. The van der Waals surface area contributed by atoms with Crippen LogP contribution in [0.2, 0.25) is 0 Å². The summed E-state index contributed by atoms with van der Waals surface area (Å²) in [6.45, 7) is 5.41. The van der Waals surface area contributed by atoms with Gasteiger partial charge in [0, 0.05) is 6.54 Å². The summed E-state index contributed by atoms with van der Waals surface area (Å²) in [7, 11) is 0. The lowest BCUT2D eigenvalue weighted by molar-refractivity contribution is -0.123. The van der Waals surface area contributed by atoms with E-state index in [1.54, 1.807) is 0 Å². The van der Waals surface area contributed by atoms with Gasteiger partial charge in [-0.1, -0.05) is 19.9 Å². The zero-order chi connectivity index (χ0) is 14.3. The quantitative estimate of drug-likeness (QED) is 0.805. The molecule has 0 saturated carbocycles. The first-order chi connectivity index (χ1) is 9.02. The van der Waals surface area contributed by atoms with Gasteiger partial charge in [-0.05, 0) is 52.5 Å². The number of ether oxygens (including phenoxy) is 1. The van der Waals surface area contributed by atoms with Crippen LogP contribution in [0, 0.1) is 5.92 Å². The summed E-state index contributed by atoms with van der Waals surface area (Å²) in [5, 5.41) is 2.81. The smallest absolute Gasteiger partial charge is 0.257 e. The first-order valence-electron chi connectivity index (χ1n) is 6.41. The van der Waals surface area contributed by atoms with Crippen molar-refractivity contribution in [3.05, 3.63) is 28.2 Å². The molecule has 0 aromatic heterocycles. The maximum Gasteiger partial charge on any atom is 0.257 e. The molecule has 0 radical (unpaired) electrons. The molecule has 0 unspecified atom stereocenters. The van der Waals surface area contributed by atoms with Gasteiger partial charge >= 0.3 is 0 Å². The van der Waals surface area contributed by atoms with Crippen LogP contribution < -0.4 is 15.8 Å². The van der Waals surface area contributed by atoms with Crippen molar-refractivity contribution in [3.63, 3.8) is 0 Å². The van der Waals surface area contributed by atoms with E-state index in [1.165, 1.54) is 0 Å². The predicted octanol–water partition coefficient (Wildman–Crippen LogP) is 2.10. The van der Waals surface area contributed by atoms with Gasteiger partial charge in [0.2, 0.25) is 0 Å². The molecule has 0 aliphatic carbocycles. The van der Waals surface area contributed by atoms with E-state index < -0.39 is 0 Å². The van der Waals surface area contributed by atoms with E-state index in [1.807, 2.05) is 32.0 Å². The highest BCUT2D eigenvalue weighted by atomic mass is 79.9. The summed E-state index contributed by atoms with van der Waals surface area (Å²) in [5.74, 6) is 0.998. The second-order valence-corrected chi connectivity index (χ2v) is 5.64. The standard InChI is InChI=1S/C14H21BrN2O2/c1-10(2)8-17-14(18)9-19-13-4-3-11(5-6-16)7-12(13)15/h3-4,7,10H,5-6,8-9,16H2,1-2H3,(H,17,18). The Kier molecular flexibility index (Phi) is 6.87. The van der Waals surface area contributed by atoms with Gasteiger partial charge in [-0.25, -0.2) is 0 Å². The van der Waals surface area contributed by atoms with Gasteiger partial charge in [-0.2, -0.15) is 0 Å². The Labute approximate surface area is 122 Å². The number of hydrogen-bond donors (Lipinski definition) is 2. The zero-order valence-corrected chi connectivity index (χ0v) is 13.0. The van der Waals surface area contributed by atoms with Crippen molar-refractivity contribution in [1.29, 1.82) is 0 Å². The molecule has 0 fully saturated rings. The van der Waals surface area contributed by atoms with E-state index in [2.05, 4.69) is 21.2 Å². The largest absolute Gasteiger partial charge is 0.483 e. The number of hydrogen-bond acceptors (Lipinski definition) is 3. The lowest BCUT2D eigenvalue weighted by Gasteiger charge is -2.11. The van der Waals surface area contributed by atoms with E-state index in [0.29, 0.717) is 24.8 Å². The fraction of sp³-hybridized carbons (Fsp3) is 0.500. The highest BCUT2D eigenvalue weighted by Crippen LogP contribution is 2.26. The van der Waals surface area contributed by atoms with Crippen molar-refractivity contribution >= 4 is 21.8 Å². The first-order valence-corrected chi connectivity index (χ1v) is 7.20. The number of amides is 1. The van der Waals surface area contributed by atoms with Gasteiger partial charge in [0.05, 0.1) is 4.47 Å². The minimum atomic E-state index is -0.105. The maximum absolute atomic E-state index is 11.5. The van der Waals surface area contributed by atoms with Crippen molar-refractivity contribution in [2.75, 3.05) is 19.7 Å². The number of halogens is 1. The van der Waals surface area contributed by atoms with Gasteiger partial charge < -0.3 is 15.8 Å². The molecule has 3 N–H and O–H groups in total. The molecule has 1 aromatic rings. The molecule has 106 valence electrons. The van der Waals surface area contributed by atoms with Crippen LogP contribution in [0.25, 0.3) is 0 Å². The fourth-order valence-corrected chi connectivity index (χ4v) is 2.04. The highest BCUT2D eigenvalue weighted by molar-refractivity contribution is 9.10. The van der Waals surface area contributed by atoms with Crippen LogP contribution >= 0.6 is 15.9 Å². The van der Waals surface area contributed by atoms with Crippen LogP contribution in [0.3, 0.4) is 0 Å². The van der Waals surface area contributed by atoms with E-state index in [9.17, 15) is 4.79 Å². The molecule has 19 heavy (non-hydrogen) atoms. The summed E-state index contributed by atoms with van der Waals surface area (Å²) < 4.78 is 6.32. The SMILES string of the molecule is CC(C)CNC(=O)COc1ccc(CCN)cc1Br. The van der Waals surface area contributed by atoms with Crippen LogP contribution in [-0.2, 0) is 11.2 Å². The fourth-order valence-electron chi connectivity index (χ4n) is 1.50. The molecule has 1 rings (SSSR count). The van der Waals surface area contributed by atoms with Crippen molar-refractivity contribution < 1.29 is 9.53 Å². The maximum atomic E-state index is 11.5. The summed E-state index contributed by atoms with van der Waals surface area (Å²) in [5.41, 5.74) is 6.65. The predicted molar refractivity (Wildman–Crippen MR) is 80.2 cm³/mol. The Bertz CT molecular complexity index is 422. The Morgan fingerprint density at radius 2 is 2.21 bits per heavy atom. The van der Waals surface area contributed by atoms with Crippen LogP contribution in [0.5, 0.6) is 5.75 Å². The van der Waals surface area contributed by atoms with Crippen molar-refractivity contribution in [1.82, 2.24) is 5.32 Å². The van der Waals surface area contributed by atoms with Gasteiger partial charge in [-0.15, -0.1) is 0 Å². The molecule has 0 aliphatic heterocycles. The molecule has 0 saturated heterocycles.